The lowest BCUT2D eigenvalue weighted by molar-refractivity contribution is 0.243. The van der Waals surface area contributed by atoms with E-state index in [1.807, 2.05) is 24.4 Å². The van der Waals surface area contributed by atoms with Crippen LogP contribution in [0.15, 0.2) is 35.3 Å². The number of nitriles is 2. The summed E-state index contributed by atoms with van der Waals surface area (Å²) in [6, 6.07) is 12.9. The van der Waals surface area contributed by atoms with E-state index < -0.39 is 0 Å². The third-order valence-corrected chi connectivity index (χ3v) is 4.25. The number of hydrogen-bond acceptors (Lipinski definition) is 3. The highest BCUT2D eigenvalue weighted by atomic mass is 15.2. The molecular weight excluding hydrogens is 272 g/mol. The SMILES string of the molecule is N#CCC(=NC#N)N(CCc1ccccc1)C1CCCCC1. The molecule has 0 aromatic heterocycles. The fraction of sp³-hybridized carbons (Fsp3) is 0.500. The Hall–Kier alpha value is -2.33. The molecular formula is C18H22N4. The molecule has 2 rings (SSSR count). The molecule has 0 atom stereocenters. The van der Waals surface area contributed by atoms with Gasteiger partial charge in [-0.15, -0.1) is 0 Å². The van der Waals surface area contributed by atoms with E-state index in [-0.39, 0.29) is 6.42 Å². The first-order valence-corrected chi connectivity index (χ1v) is 7.98. The summed E-state index contributed by atoms with van der Waals surface area (Å²) < 4.78 is 0. The van der Waals surface area contributed by atoms with Gasteiger partial charge in [0.25, 0.3) is 0 Å². The average Bonchev–Trinajstić information content (AvgIpc) is 2.57. The van der Waals surface area contributed by atoms with Crippen LogP contribution in [0, 0.1) is 22.8 Å². The normalized spacial score (nSPS) is 15.8. The van der Waals surface area contributed by atoms with Gasteiger partial charge >= 0.3 is 0 Å². The highest BCUT2D eigenvalue weighted by Gasteiger charge is 2.23. The molecule has 0 amide bonds. The van der Waals surface area contributed by atoms with E-state index in [9.17, 15) is 0 Å². The Morgan fingerprint density at radius 2 is 1.86 bits per heavy atom. The van der Waals surface area contributed by atoms with Crippen LogP contribution in [0.5, 0.6) is 0 Å². The maximum Gasteiger partial charge on any atom is 0.207 e. The van der Waals surface area contributed by atoms with Crippen molar-refractivity contribution in [3.63, 3.8) is 0 Å². The average molecular weight is 294 g/mol. The molecule has 0 saturated heterocycles. The lowest BCUT2D eigenvalue weighted by atomic mass is 9.93. The molecule has 1 aliphatic carbocycles. The van der Waals surface area contributed by atoms with Crippen LogP contribution in [0.25, 0.3) is 0 Å². The van der Waals surface area contributed by atoms with E-state index in [1.54, 1.807) is 0 Å². The highest BCUT2D eigenvalue weighted by Crippen LogP contribution is 2.24. The van der Waals surface area contributed by atoms with Crippen molar-refractivity contribution in [2.75, 3.05) is 6.54 Å². The van der Waals surface area contributed by atoms with Gasteiger partial charge in [-0.2, -0.15) is 15.5 Å². The summed E-state index contributed by atoms with van der Waals surface area (Å²) in [6.07, 6.45) is 8.97. The minimum absolute atomic E-state index is 0.207. The van der Waals surface area contributed by atoms with Gasteiger partial charge < -0.3 is 4.90 Å². The summed E-state index contributed by atoms with van der Waals surface area (Å²) in [5.74, 6) is 0.632. The van der Waals surface area contributed by atoms with Crippen LogP contribution in [0.4, 0.5) is 0 Å². The Bertz CT molecular complexity index is 559. The minimum atomic E-state index is 0.207. The van der Waals surface area contributed by atoms with Crippen molar-refractivity contribution in [3.8, 4) is 12.3 Å². The Labute approximate surface area is 132 Å². The lowest BCUT2D eigenvalue weighted by Crippen LogP contribution is -2.42. The van der Waals surface area contributed by atoms with Gasteiger partial charge in [0.1, 0.15) is 5.84 Å². The smallest absolute Gasteiger partial charge is 0.207 e. The Kier molecular flexibility index (Phi) is 6.45. The van der Waals surface area contributed by atoms with Gasteiger partial charge in [0.2, 0.25) is 6.19 Å². The van der Waals surface area contributed by atoms with Gasteiger partial charge in [-0.3, -0.25) is 0 Å². The third-order valence-electron chi connectivity index (χ3n) is 4.25. The number of nitrogens with zero attached hydrogens (tertiary/aromatic N) is 4. The van der Waals surface area contributed by atoms with Crippen LogP contribution in [0.2, 0.25) is 0 Å². The van der Waals surface area contributed by atoms with Crippen molar-refractivity contribution < 1.29 is 0 Å². The highest BCUT2D eigenvalue weighted by molar-refractivity contribution is 5.85. The number of hydrogen-bond donors (Lipinski definition) is 0. The van der Waals surface area contributed by atoms with E-state index in [0.717, 1.165) is 25.8 Å². The van der Waals surface area contributed by atoms with E-state index in [4.69, 9.17) is 10.5 Å². The van der Waals surface area contributed by atoms with Crippen LogP contribution in [-0.4, -0.2) is 23.3 Å². The molecule has 22 heavy (non-hydrogen) atoms. The van der Waals surface area contributed by atoms with Gasteiger partial charge in [-0.25, -0.2) is 0 Å². The van der Waals surface area contributed by atoms with E-state index in [0.29, 0.717) is 11.9 Å². The van der Waals surface area contributed by atoms with Crippen molar-refractivity contribution in [1.29, 1.82) is 10.5 Å². The Morgan fingerprint density at radius 3 is 2.50 bits per heavy atom. The number of rotatable bonds is 5. The van der Waals surface area contributed by atoms with Gasteiger partial charge in [0.15, 0.2) is 0 Å². The number of benzene rings is 1. The molecule has 1 aliphatic rings. The summed E-state index contributed by atoms with van der Waals surface area (Å²) in [5, 5.41) is 18.0. The van der Waals surface area contributed by atoms with Crippen LogP contribution in [0.1, 0.15) is 44.1 Å². The van der Waals surface area contributed by atoms with Crippen molar-refractivity contribution in [1.82, 2.24) is 4.90 Å². The molecule has 114 valence electrons. The van der Waals surface area contributed by atoms with Gasteiger partial charge in [0.05, 0.1) is 12.5 Å². The first-order chi connectivity index (χ1) is 10.8. The molecule has 0 aliphatic heterocycles. The quantitative estimate of drug-likeness (QED) is 0.473. The zero-order valence-electron chi connectivity index (χ0n) is 12.9. The zero-order chi connectivity index (χ0) is 15.6. The predicted octanol–water partition coefficient (Wildman–Crippen LogP) is 3.66. The molecule has 0 spiro atoms. The molecule has 4 heteroatoms. The second-order valence-electron chi connectivity index (χ2n) is 5.68. The van der Waals surface area contributed by atoms with Crippen LogP contribution < -0.4 is 0 Å². The molecule has 1 aromatic carbocycles. The molecule has 1 fully saturated rings. The molecule has 0 radical (unpaired) electrons. The topological polar surface area (TPSA) is 63.2 Å². The Morgan fingerprint density at radius 1 is 1.14 bits per heavy atom. The first kappa shape index (κ1) is 16.0. The zero-order valence-corrected chi connectivity index (χ0v) is 12.9. The van der Waals surface area contributed by atoms with Gasteiger partial charge in [0, 0.05) is 12.6 Å². The molecule has 0 N–H and O–H groups in total. The molecule has 4 nitrogen and oxygen atoms in total. The molecule has 0 unspecified atom stereocenters. The summed E-state index contributed by atoms with van der Waals surface area (Å²) in [7, 11) is 0. The van der Waals surface area contributed by atoms with Gasteiger partial charge in [-0.1, -0.05) is 49.6 Å². The van der Waals surface area contributed by atoms with Crippen molar-refractivity contribution in [3.05, 3.63) is 35.9 Å². The van der Waals surface area contributed by atoms with Crippen molar-refractivity contribution in [2.45, 2.75) is 51.0 Å². The van der Waals surface area contributed by atoms with Crippen molar-refractivity contribution in [2.24, 2.45) is 4.99 Å². The van der Waals surface area contributed by atoms with Gasteiger partial charge in [-0.05, 0) is 24.8 Å². The summed E-state index contributed by atoms with van der Waals surface area (Å²) in [6.45, 7) is 0.816. The Balaban J connectivity index is 2.11. The van der Waals surface area contributed by atoms with Crippen LogP contribution in [0.3, 0.4) is 0 Å². The molecule has 1 saturated carbocycles. The van der Waals surface area contributed by atoms with Crippen LogP contribution >= 0.6 is 0 Å². The fourth-order valence-electron chi connectivity index (χ4n) is 3.14. The number of amidine groups is 1. The van der Waals surface area contributed by atoms with Crippen LogP contribution in [-0.2, 0) is 6.42 Å². The molecule has 1 aromatic rings. The fourth-order valence-corrected chi connectivity index (χ4v) is 3.14. The van der Waals surface area contributed by atoms with E-state index in [2.05, 4.69) is 28.1 Å². The second-order valence-corrected chi connectivity index (χ2v) is 5.68. The number of aliphatic imine (C=N–C) groups is 1. The second kappa shape index (κ2) is 8.85. The lowest BCUT2D eigenvalue weighted by Gasteiger charge is -2.36. The molecule has 0 heterocycles. The predicted molar refractivity (Wildman–Crippen MR) is 87.0 cm³/mol. The third kappa shape index (κ3) is 4.60. The minimum Gasteiger partial charge on any atom is -0.355 e. The van der Waals surface area contributed by atoms with E-state index >= 15 is 0 Å². The summed E-state index contributed by atoms with van der Waals surface area (Å²) in [5.41, 5.74) is 1.27. The first-order valence-electron chi connectivity index (χ1n) is 7.98. The largest absolute Gasteiger partial charge is 0.355 e. The summed E-state index contributed by atoms with van der Waals surface area (Å²) in [4.78, 5) is 6.13. The van der Waals surface area contributed by atoms with Crippen molar-refractivity contribution >= 4 is 5.84 Å². The standard InChI is InChI=1S/C18H22N4/c19-13-11-18(21-15-20)22(17-9-5-2-6-10-17)14-12-16-7-3-1-4-8-16/h1,3-4,7-8,17H,2,5-6,9-12,14H2. The summed E-state index contributed by atoms with van der Waals surface area (Å²) >= 11 is 0. The molecule has 0 bridgehead atoms. The van der Waals surface area contributed by atoms with E-state index in [1.165, 1.54) is 24.8 Å². The maximum atomic E-state index is 9.03. The monoisotopic (exact) mass is 294 g/mol. The maximum absolute atomic E-state index is 9.03.